The third-order valence-electron chi connectivity index (χ3n) is 2.63. The molecule has 0 unspecified atom stereocenters. The van der Waals surface area contributed by atoms with Crippen LogP contribution in [0.25, 0.3) is 11.1 Å². The average Bonchev–Trinajstić information content (AvgIpc) is 2.19. The van der Waals surface area contributed by atoms with Gasteiger partial charge < -0.3 is 0 Å². The van der Waals surface area contributed by atoms with E-state index in [4.69, 9.17) is 0 Å². The first-order valence-corrected chi connectivity index (χ1v) is 6.98. The largest absolute Gasteiger partial charge is 0.0533 e. The van der Waals surface area contributed by atoms with Gasteiger partial charge in [-0.25, -0.2) is 0 Å². The molecule has 0 aliphatic carbocycles. The first-order chi connectivity index (χ1) is 7.58. The predicted molar refractivity (Wildman–Crippen MR) is 81.8 cm³/mol. The number of hydrogen-bond acceptors (Lipinski definition) is 0. The Morgan fingerprint density at radius 3 is 1.94 bits per heavy atom. The molecule has 0 nitrogen and oxygen atoms in total. The monoisotopic (exact) mass is 386 g/mol. The van der Waals surface area contributed by atoms with Gasteiger partial charge in [-0.2, -0.15) is 0 Å². The first-order valence-electron chi connectivity index (χ1n) is 5.10. The molecule has 0 aromatic heterocycles. The van der Waals surface area contributed by atoms with Gasteiger partial charge in [0.05, 0.1) is 0 Å². The third-order valence-corrected chi connectivity index (χ3v) is 3.81. The second-order valence-electron chi connectivity index (χ2n) is 3.92. The van der Waals surface area contributed by atoms with Crippen molar-refractivity contribution in [3.05, 3.63) is 55.6 Å². The van der Waals surface area contributed by atoms with Crippen LogP contribution in [0, 0.1) is 17.4 Å². The molecule has 0 spiro atoms. The maximum atomic E-state index is 3.53. The van der Waals surface area contributed by atoms with Crippen molar-refractivity contribution >= 4 is 38.5 Å². The second kappa shape index (κ2) is 4.88. The first kappa shape index (κ1) is 12.1. The van der Waals surface area contributed by atoms with Crippen LogP contribution in [-0.2, 0) is 0 Å². The van der Waals surface area contributed by atoms with Gasteiger partial charge in [0, 0.05) is 8.04 Å². The molecule has 0 aliphatic heterocycles. The predicted octanol–water partition coefficient (Wildman–Crippen LogP) is 5.34. The van der Waals surface area contributed by atoms with Crippen LogP contribution in [0.5, 0.6) is 0 Å². The molecule has 16 heavy (non-hydrogen) atoms. The standard InChI is InChI=1S/C14H12BrI/c1-9-7-12(15)8-10(2)14(9)11-3-5-13(16)6-4-11/h3-8H,1-2H3. The fourth-order valence-corrected chi connectivity index (χ4v) is 3.03. The molecule has 0 heterocycles. The molecule has 0 saturated carbocycles. The van der Waals surface area contributed by atoms with Gasteiger partial charge in [-0.3, -0.25) is 0 Å². The van der Waals surface area contributed by atoms with Gasteiger partial charge >= 0.3 is 0 Å². The lowest BCUT2D eigenvalue weighted by Gasteiger charge is -2.11. The summed E-state index contributed by atoms with van der Waals surface area (Å²) in [6.07, 6.45) is 0. The molecule has 2 heteroatoms. The van der Waals surface area contributed by atoms with Crippen LogP contribution in [0.1, 0.15) is 11.1 Å². The van der Waals surface area contributed by atoms with Gasteiger partial charge in [-0.1, -0.05) is 28.1 Å². The summed E-state index contributed by atoms with van der Waals surface area (Å²) in [4.78, 5) is 0. The van der Waals surface area contributed by atoms with Gasteiger partial charge in [0.25, 0.3) is 0 Å². The number of hydrogen-bond donors (Lipinski definition) is 0. The zero-order valence-corrected chi connectivity index (χ0v) is 13.0. The number of aryl methyl sites for hydroxylation is 2. The molecule has 0 saturated heterocycles. The van der Waals surface area contributed by atoms with E-state index >= 15 is 0 Å². The molecule has 0 aliphatic rings. The minimum atomic E-state index is 1.15. The zero-order valence-electron chi connectivity index (χ0n) is 9.22. The Hall–Kier alpha value is -0.350. The summed E-state index contributed by atoms with van der Waals surface area (Å²) < 4.78 is 2.42. The summed E-state index contributed by atoms with van der Waals surface area (Å²) in [6, 6.07) is 13.0. The van der Waals surface area contributed by atoms with E-state index in [2.05, 4.69) is 88.8 Å². The molecule has 0 N–H and O–H groups in total. The van der Waals surface area contributed by atoms with Crippen molar-refractivity contribution in [3.63, 3.8) is 0 Å². The SMILES string of the molecule is Cc1cc(Br)cc(C)c1-c1ccc(I)cc1. The average molecular weight is 387 g/mol. The van der Waals surface area contributed by atoms with Crippen molar-refractivity contribution in [2.24, 2.45) is 0 Å². The van der Waals surface area contributed by atoms with E-state index in [0.717, 1.165) is 4.47 Å². The topological polar surface area (TPSA) is 0 Å². The Kier molecular flexibility index (Phi) is 3.70. The Balaban J connectivity index is 2.60. The summed E-state index contributed by atoms with van der Waals surface area (Å²) in [5.74, 6) is 0. The van der Waals surface area contributed by atoms with Crippen molar-refractivity contribution < 1.29 is 0 Å². The fraction of sp³-hybridized carbons (Fsp3) is 0.143. The fourth-order valence-electron chi connectivity index (χ4n) is 1.98. The maximum Gasteiger partial charge on any atom is 0.0180 e. The Labute approximate surface area is 118 Å². The Morgan fingerprint density at radius 1 is 0.938 bits per heavy atom. The smallest absolute Gasteiger partial charge is 0.0180 e. The maximum absolute atomic E-state index is 3.53. The van der Waals surface area contributed by atoms with Crippen molar-refractivity contribution in [2.75, 3.05) is 0 Å². The highest BCUT2D eigenvalue weighted by Gasteiger charge is 2.06. The molecule has 2 aromatic carbocycles. The van der Waals surface area contributed by atoms with E-state index in [9.17, 15) is 0 Å². The normalized spacial score (nSPS) is 10.5. The molecular weight excluding hydrogens is 375 g/mol. The molecule has 82 valence electrons. The van der Waals surface area contributed by atoms with Crippen LogP contribution in [0.3, 0.4) is 0 Å². The molecule has 0 fully saturated rings. The Morgan fingerprint density at radius 2 is 1.44 bits per heavy atom. The van der Waals surface area contributed by atoms with Crippen molar-refractivity contribution in [3.8, 4) is 11.1 Å². The molecular formula is C14H12BrI. The second-order valence-corrected chi connectivity index (χ2v) is 6.08. The summed E-state index contributed by atoms with van der Waals surface area (Å²) in [6.45, 7) is 4.32. The minimum Gasteiger partial charge on any atom is -0.0533 e. The van der Waals surface area contributed by atoms with Gasteiger partial charge in [-0.05, 0) is 83.0 Å². The summed E-state index contributed by atoms with van der Waals surface area (Å²) >= 11 is 5.86. The minimum absolute atomic E-state index is 1.15. The summed E-state index contributed by atoms with van der Waals surface area (Å²) in [7, 11) is 0. The van der Waals surface area contributed by atoms with Crippen LogP contribution in [0.15, 0.2) is 40.9 Å². The van der Waals surface area contributed by atoms with E-state index in [-0.39, 0.29) is 0 Å². The van der Waals surface area contributed by atoms with Gasteiger partial charge in [0.15, 0.2) is 0 Å². The van der Waals surface area contributed by atoms with E-state index in [1.54, 1.807) is 0 Å². The van der Waals surface area contributed by atoms with E-state index in [0.29, 0.717) is 0 Å². The third kappa shape index (κ3) is 2.48. The molecule has 0 bridgehead atoms. The number of halogens is 2. The van der Waals surface area contributed by atoms with Crippen molar-refractivity contribution in [2.45, 2.75) is 13.8 Å². The van der Waals surface area contributed by atoms with Crippen LogP contribution >= 0.6 is 38.5 Å². The van der Waals surface area contributed by atoms with E-state index in [1.807, 2.05) is 0 Å². The lowest BCUT2D eigenvalue weighted by atomic mass is 9.96. The summed E-state index contributed by atoms with van der Waals surface area (Å²) in [5, 5.41) is 0. The van der Waals surface area contributed by atoms with Crippen molar-refractivity contribution in [1.82, 2.24) is 0 Å². The van der Waals surface area contributed by atoms with Gasteiger partial charge in [-0.15, -0.1) is 0 Å². The Bertz CT molecular complexity index is 492. The highest BCUT2D eigenvalue weighted by molar-refractivity contribution is 14.1. The zero-order chi connectivity index (χ0) is 11.7. The lowest BCUT2D eigenvalue weighted by Crippen LogP contribution is -1.88. The molecule has 2 aromatic rings. The van der Waals surface area contributed by atoms with E-state index < -0.39 is 0 Å². The van der Waals surface area contributed by atoms with Crippen LogP contribution in [-0.4, -0.2) is 0 Å². The number of benzene rings is 2. The quantitative estimate of drug-likeness (QED) is 0.580. The number of rotatable bonds is 1. The summed E-state index contributed by atoms with van der Waals surface area (Å²) in [5.41, 5.74) is 5.27. The molecule has 0 atom stereocenters. The molecule has 2 rings (SSSR count). The van der Waals surface area contributed by atoms with Gasteiger partial charge in [0.1, 0.15) is 0 Å². The highest BCUT2D eigenvalue weighted by atomic mass is 127. The lowest BCUT2D eigenvalue weighted by molar-refractivity contribution is 1.36. The van der Waals surface area contributed by atoms with Crippen LogP contribution in [0.4, 0.5) is 0 Å². The van der Waals surface area contributed by atoms with Crippen molar-refractivity contribution in [1.29, 1.82) is 0 Å². The van der Waals surface area contributed by atoms with Gasteiger partial charge in [0.2, 0.25) is 0 Å². The van der Waals surface area contributed by atoms with Crippen LogP contribution in [0.2, 0.25) is 0 Å². The van der Waals surface area contributed by atoms with E-state index in [1.165, 1.54) is 25.8 Å². The highest BCUT2D eigenvalue weighted by Crippen LogP contribution is 2.30. The molecule has 0 amide bonds. The van der Waals surface area contributed by atoms with Crippen LogP contribution < -0.4 is 0 Å². The molecule has 0 radical (unpaired) electrons.